The van der Waals surface area contributed by atoms with Crippen LogP contribution >= 0.6 is 0 Å². The second-order valence-electron chi connectivity index (χ2n) is 6.59. The summed E-state index contributed by atoms with van der Waals surface area (Å²) in [6.07, 6.45) is 4.98. The maximum absolute atomic E-state index is 9.05. The molecule has 1 aliphatic rings. The highest BCUT2D eigenvalue weighted by Gasteiger charge is 2.27. The number of aliphatic hydroxyl groups is 1. The monoisotopic (exact) mass is 269 g/mol. The number of nitrogens with zero attached hydrogens (tertiary/aromatic N) is 1. The van der Waals surface area contributed by atoms with Gasteiger partial charge in [0, 0.05) is 25.7 Å². The predicted octanol–water partition coefficient (Wildman–Crippen LogP) is 2.14. The van der Waals surface area contributed by atoms with E-state index in [1.54, 1.807) is 0 Å². The summed E-state index contributed by atoms with van der Waals surface area (Å²) in [5.74, 6) is 1.12. The Bertz CT molecular complexity index is 279. The standard InChI is InChI=1S/C15H31N3O/c1-5-16-14(17-10-12(2)11-19)18-13-6-8-15(3,4)9-7-13/h12-13,19H,5-11H2,1-4H3,(H2,16,17,18). The largest absolute Gasteiger partial charge is 0.396 e. The molecule has 0 radical (unpaired) electrons. The third kappa shape index (κ3) is 6.28. The van der Waals surface area contributed by atoms with Gasteiger partial charge in [0.1, 0.15) is 0 Å². The lowest BCUT2D eigenvalue weighted by molar-refractivity contribution is 0.216. The molecule has 0 aromatic rings. The van der Waals surface area contributed by atoms with Crippen LogP contribution in [0.25, 0.3) is 0 Å². The summed E-state index contributed by atoms with van der Waals surface area (Å²) in [5, 5.41) is 15.9. The van der Waals surface area contributed by atoms with Gasteiger partial charge in [-0.3, -0.25) is 4.99 Å². The fourth-order valence-electron chi connectivity index (χ4n) is 2.36. The average molecular weight is 269 g/mol. The minimum absolute atomic E-state index is 0.195. The summed E-state index contributed by atoms with van der Waals surface area (Å²) < 4.78 is 0. The molecule has 19 heavy (non-hydrogen) atoms. The Hall–Kier alpha value is -0.770. The molecule has 3 N–H and O–H groups in total. The van der Waals surface area contributed by atoms with Crippen molar-refractivity contribution in [1.82, 2.24) is 10.6 Å². The van der Waals surface area contributed by atoms with Crippen LogP contribution in [0.15, 0.2) is 4.99 Å². The molecule has 4 nitrogen and oxygen atoms in total. The molecule has 0 amide bonds. The van der Waals surface area contributed by atoms with E-state index in [1.807, 2.05) is 6.92 Å². The quantitative estimate of drug-likeness (QED) is 0.529. The Balaban J connectivity index is 2.45. The maximum atomic E-state index is 9.05. The molecule has 0 heterocycles. The van der Waals surface area contributed by atoms with Crippen LogP contribution < -0.4 is 10.6 Å². The fraction of sp³-hybridized carbons (Fsp3) is 0.933. The zero-order valence-corrected chi connectivity index (χ0v) is 13.0. The molecule has 1 unspecified atom stereocenters. The Kier molecular flexibility index (Phi) is 6.63. The lowest BCUT2D eigenvalue weighted by Crippen LogP contribution is -2.45. The first-order valence-electron chi connectivity index (χ1n) is 7.62. The van der Waals surface area contributed by atoms with Crippen molar-refractivity contribution in [3.63, 3.8) is 0 Å². The van der Waals surface area contributed by atoms with E-state index in [4.69, 9.17) is 5.11 Å². The summed E-state index contributed by atoms with van der Waals surface area (Å²) in [4.78, 5) is 4.55. The van der Waals surface area contributed by atoms with Gasteiger partial charge in [-0.25, -0.2) is 0 Å². The number of hydrogen-bond donors (Lipinski definition) is 3. The second kappa shape index (κ2) is 7.73. The van der Waals surface area contributed by atoms with Gasteiger partial charge < -0.3 is 15.7 Å². The van der Waals surface area contributed by atoms with Crippen LogP contribution in [0.4, 0.5) is 0 Å². The van der Waals surface area contributed by atoms with Crippen LogP contribution in [-0.4, -0.2) is 36.8 Å². The van der Waals surface area contributed by atoms with E-state index < -0.39 is 0 Å². The first-order chi connectivity index (χ1) is 8.96. The lowest BCUT2D eigenvalue weighted by Gasteiger charge is -2.35. The van der Waals surface area contributed by atoms with Crippen molar-refractivity contribution < 1.29 is 5.11 Å². The van der Waals surface area contributed by atoms with E-state index in [0.29, 0.717) is 18.0 Å². The number of hydrogen-bond acceptors (Lipinski definition) is 2. The van der Waals surface area contributed by atoms with Crippen LogP contribution in [0.2, 0.25) is 0 Å². The minimum atomic E-state index is 0.195. The molecule has 0 aromatic carbocycles. The highest BCUT2D eigenvalue weighted by molar-refractivity contribution is 5.80. The molecule has 0 aromatic heterocycles. The zero-order valence-electron chi connectivity index (χ0n) is 13.0. The molecule has 1 aliphatic carbocycles. The van der Waals surface area contributed by atoms with E-state index in [-0.39, 0.29) is 12.5 Å². The van der Waals surface area contributed by atoms with E-state index in [2.05, 4.69) is 36.4 Å². The van der Waals surface area contributed by atoms with E-state index >= 15 is 0 Å². The van der Waals surface area contributed by atoms with Crippen molar-refractivity contribution in [1.29, 1.82) is 0 Å². The molecule has 1 fully saturated rings. The van der Waals surface area contributed by atoms with Crippen molar-refractivity contribution in [2.75, 3.05) is 19.7 Å². The van der Waals surface area contributed by atoms with Crippen molar-refractivity contribution in [3.05, 3.63) is 0 Å². The summed E-state index contributed by atoms with van der Waals surface area (Å²) >= 11 is 0. The molecule has 0 aliphatic heterocycles. The van der Waals surface area contributed by atoms with Crippen LogP contribution in [-0.2, 0) is 0 Å². The van der Waals surface area contributed by atoms with Gasteiger partial charge in [-0.15, -0.1) is 0 Å². The molecule has 0 saturated heterocycles. The van der Waals surface area contributed by atoms with Gasteiger partial charge in [-0.2, -0.15) is 0 Å². The van der Waals surface area contributed by atoms with E-state index in [1.165, 1.54) is 25.7 Å². The smallest absolute Gasteiger partial charge is 0.191 e. The van der Waals surface area contributed by atoms with Crippen molar-refractivity contribution in [2.24, 2.45) is 16.3 Å². The van der Waals surface area contributed by atoms with Gasteiger partial charge in [0.25, 0.3) is 0 Å². The minimum Gasteiger partial charge on any atom is -0.396 e. The van der Waals surface area contributed by atoms with E-state index in [0.717, 1.165) is 12.5 Å². The van der Waals surface area contributed by atoms with Gasteiger partial charge in [0.15, 0.2) is 5.96 Å². The second-order valence-corrected chi connectivity index (χ2v) is 6.59. The number of aliphatic imine (C=N–C) groups is 1. The van der Waals surface area contributed by atoms with Gasteiger partial charge in [0.05, 0.1) is 0 Å². The number of nitrogens with one attached hydrogen (secondary N) is 2. The van der Waals surface area contributed by atoms with Crippen molar-refractivity contribution in [2.45, 2.75) is 59.4 Å². The van der Waals surface area contributed by atoms with Crippen LogP contribution in [0.3, 0.4) is 0 Å². The third-order valence-corrected chi connectivity index (χ3v) is 3.90. The Morgan fingerprint density at radius 2 is 2.00 bits per heavy atom. The maximum Gasteiger partial charge on any atom is 0.191 e. The molecule has 1 saturated carbocycles. The predicted molar refractivity (Wildman–Crippen MR) is 81.4 cm³/mol. The molecular weight excluding hydrogens is 238 g/mol. The van der Waals surface area contributed by atoms with Crippen LogP contribution in [0, 0.1) is 11.3 Å². The zero-order chi connectivity index (χ0) is 14.3. The lowest BCUT2D eigenvalue weighted by atomic mass is 9.75. The molecule has 0 bridgehead atoms. The fourth-order valence-corrected chi connectivity index (χ4v) is 2.36. The Morgan fingerprint density at radius 1 is 1.37 bits per heavy atom. The number of rotatable bonds is 5. The highest BCUT2D eigenvalue weighted by atomic mass is 16.3. The van der Waals surface area contributed by atoms with Crippen LogP contribution in [0.5, 0.6) is 0 Å². The summed E-state index contributed by atoms with van der Waals surface area (Å²) in [7, 11) is 0. The normalized spacial score (nSPS) is 22.1. The topological polar surface area (TPSA) is 56.7 Å². The first kappa shape index (κ1) is 16.3. The first-order valence-corrected chi connectivity index (χ1v) is 7.62. The number of aliphatic hydroxyl groups excluding tert-OH is 1. The van der Waals surface area contributed by atoms with Crippen molar-refractivity contribution >= 4 is 5.96 Å². The summed E-state index contributed by atoms with van der Waals surface area (Å²) in [6, 6.07) is 0.537. The molecule has 0 spiro atoms. The summed E-state index contributed by atoms with van der Waals surface area (Å²) in [6.45, 7) is 10.5. The average Bonchev–Trinajstić information content (AvgIpc) is 2.38. The molecule has 1 rings (SSSR count). The third-order valence-electron chi connectivity index (χ3n) is 3.90. The Labute approximate surface area is 118 Å². The number of guanidine groups is 1. The highest BCUT2D eigenvalue weighted by Crippen LogP contribution is 2.34. The van der Waals surface area contributed by atoms with Gasteiger partial charge in [-0.05, 0) is 43.9 Å². The van der Waals surface area contributed by atoms with Crippen molar-refractivity contribution in [3.8, 4) is 0 Å². The van der Waals surface area contributed by atoms with Gasteiger partial charge >= 0.3 is 0 Å². The summed E-state index contributed by atoms with van der Waals surface area (Å²) in [5.41, 5.74) is 0.499. The Morgan fingerprint density at radius 3 is 2.53 bits per heavy atom. The molecule has 1 atom stereocenters. The van der Waals surface area contributed by atoms with Gasteiger partial charge in [0.2, 0.25) is 0 Å². The SMILES string of the molecule is CCNC(=NCC(C)CO)NC1CCC(C)(C)CC1. The van der Waals surface area contributed by atoms with Crippen LogP contribution in [0.1, 0.15) is 53.4 Å². The van der Waals surface area contributed by atoms with E-state index in [9.17, 15) is 0 Å². The molecule has 112 valence electrons. The molecule has 4 heteroatoms. The molecular formula is C15H31N3O. The van der Waals surface area contributed by atoms with Gasteiger partial charge in [-0.1, -0.05) is 20.8 Å².